The van der Waals surface area contributed by atoms with E-state index in [1.165, 1.54) is 0 Å². The molecule has 12 heteroatoms. The zero-order valence-corrected chi connectivity index (χ0v) is 36.2. The number of carbonyl (C=O) groups excluding carboxylic acids is 3. The highest BCUT2D eigenvalue weighted by Gasteiger charge is 2.54. The van der Waals surface area contributed by atoms with Crippen molar-refractivity contribution in [1.29, 1.82) is 0 Å². The number of benzene rings is 6. The van der Waals surface area contributed by atoms with Crippen LogP contribution in [0.5, 0.6) is 11.5 Å². The molecule has 6 aromatic carbocycles. The molecule has 1 aliphatic rings. The quantitative estimate of drug-likeness (QED) is 0.0339. The molecule has 0 radical (unpaired) electrons. The molecule has 0 aromatic heterocycles. The van der Waals surface area contributed by atoms with Crippen molar-refractivity contribution in [3.8, 4) is 11.5 Å². The van der Waals surface area contributed by atoms with Gasteiger partial charge in [-0.25, -0.2) is 14.4 Å². The van der Waals surface area contributed by atoms with Crippen LogP contribution in [0.2, 0.25) is 0 Å². The summed E-state index contributed by atoms with van der Waals surface area (Å²) in [5.74, 6) is -1.01. The molecule has 0 saturated carbocycles. The summed E-state index contributed by atoms with van der Waals surface area (Å²) in [6.07, 6.45) is -5.28. The van der Waals surface area contributed by atoms with Crippen molar-refractivity contribution in [1.82, 2.24) is 0 Å². The molecule has 65 heavy (non-hydrogen) atoms. The molecular formula is C53H52O12. The fraction of sp³-hybridized carbons (Fsp3) is 0.264. The minimum absolute atomic E-state index is 0.00812. The predicted molar refractivity (Wildman–Crippen MR) is 241 cm³/mol. The van der Waals surface area contributed by atoms with Crippen LogP contribution in [0.15, 0.2) is 170 Å². The van der Waals surface area contributed by atoms with E-state index in [0.717, 1.165) is 16.7 Å². The van der Waals surface area contributed by atoms with Crippen molar-refractivity contribution in [3.63, 3.8) is 0 Å². The maximum Gasteiger partial charge on any atom is 0.338 e. The van der Waals surface area contributed by atoms with Gasteiger partial charge in [0.05, 0.1) is 37.5 Å². The number of methoxy groups -OCH3 is 2. The van der Waals surface area contributed by atoms with Gasteiger partial charge in [-0.3, -0.25) is 0 Å². The van der Waals surface area contributed by atoms with Crippen molar-refractivity contribution >= 4 is 17.9 Å². The number of aliphatic hydroxyl groups is 1. The summed E-state index contributed by atoms with van der Waals surface area (Å²) in [5.41, 5.74) is 1.50. The van der Waals surface area contributed by atoms with E-state index in [2.05, 4.69) is 0 Å². The van der Waals surface area contributed by atoms with E-state index < -0.39 is 54.2 Å². The molecule has 1 fully saturated rings. The maximum absolute atomic E-state index is 14.2. The Hall–Kier alpha value is -6.83. The van der Waals surface area contributed by atoms with Gasteiger partial charge in [0.1, 0.15) is 23.2 Å². The topological polar surface area (TPSA) is 145 Å². The molecule has 1 heterocycles. The highest BCUT2D eigenvalue weighted by molar-refractivity contribution is 5.91. The lowest BCUT2D eigenvalue weighted by molar-refractivity contribution is -0.303. The average molecular weight is 881 g/mol. The van der Waals surface area contributed by atoms with Gasteiger partial charge in [0, 0.05) is 13.2 Å². The normalized spacial score (nSPS) is 18.2. The van der Waals surface area contributed by atoms with Gasteiger partial charge in [0.15, 0.2) is 24.6 Å². The zero-order valence-electron chi connectivity index (χ0n) is 36.2. The lowest BCUT2D eigenvalue weighted by Crippen LogP contribution is -2.63. The van der Waals surface area contributed by atoms with Gasteiger partial charge < -0.3 is 43.0 Å². The minimum atomic E-state index is -1.50. The molecule has 1 aliphatic heterocycles. The summed E-state index contributed by atoms with van der Waals surface area (Å²) < 4.78 is 50.5. The van der Waals surface area contributed by atoms with Crippen molar-refractivity contribution < 1.29 is 57.4 Å². The third kappa shape index (κ3) is 11.3. The fourth-order valence-corrected chi connectivity index (χ4v) is 7.72. The Morgan fingerprint density at radius 1 is 0.508 bits per heavy atom. The van der Waals surface area contributed by atoms with Crippen LogP contribution in [0.1, 0.15) is 67.0 Å². The molecule has 12 nitrogen and oxygen atoms in total. The van der Waals surface area contributed by atoms with Crippen molar-refractivity contribution in [2.75, 3.05) is 34.0 Å². The second kappa shape index (κ2) is 22.7. The summed E-state index contributed by atoms with van der Waals surface area (Å²) in [4.78, 5) is 42.4. The van der Waals surface area contributed by atoms with Crippen LogP contribution in [0, 0.1) is 0 Å². The molecule has 1 N–H and O–H groups in total. The average Bonchev–Trinajstić information content (AvgIpc) is 3.37. The number of carbonyl (C=O) groups is 3. The highest BCUT2D eigenvalue weighted by Crippen LogP contribution is 2.43. The third-order valence-corrected chi connectivity index (χ3v) is 11.1. The van der Waals surface area contributed by atoms with Crippen LogP contribution in [0.3, 0.4) is 0 Å². The van der Waals surface area contributed by atoms with Crippen LogP contribution < -0.4 is 9.47 Å². The molecule has 0 amide bonds. The van der Waals surface area contributed by atoms with Crippen molar-refractivity contribution in [2.45, 2.75) is 55.6 Å². The summed E-state index contributed by atoms with van der Waals surface area (Å²) >= 11 is 0. The van der Waals surface area contributed by atoms with Crippen LogP contribution in [-0.4, -0.2) is 87.8 Å². The molecule has 336 valence electrons. The second-order valence-corrected chi connectivity index (χ2v) is 15.2. The van der Waals surface area contributed by atoms with E-state index >= 15 is 0 Å². The smallest absolute Gasteiger partial charge is 0.338 e. The molecule has 6 aromatic rings. The summed E-state index contributed by atoms with van der Waals surface area (Å²) in [6, 6.07) is 49.6. The molecule has 1 saturated heterocycles. The largest absolute Gasteiger partial charge is 0.497 e. The Morgan fingerprint density at radius 3 is 1.37 bits per heavy atom. The lowest BCUT2D eigenvalue weighted by Gasteiger charge is -2.45. The summed E-state index contributed by atoms with van der Waals surface area (Å²) in [7, 11) is 3.18. The molecule has 7 rings (SSSR count). The number of ether oxygens (including phenoxy) is 8. The van der Waals surface area contributed by atoms with E-state index in [0.29, 0.717) is 30.8 Å². The minimum Gasteiger partial charge on any atom is -0.497 e. The SMILES string of the molecule is COc1ccc(C(OCC2OC(OCCCCCO)C(OC(=O)c3ccccc3)C(OC(=O)c3ccccc3)C2OC(=O)c2ccccc2)(c2ccccc2)c2ccc(OC)cc2)cc1. The first-order valence-electron chi connectivity index (χ1n) is 21.5. The lowest BCUT2D eigenvalue weighted by atomic mass is 9.80. The van der Waals surface area contributed by atoms with Crippen LogP contribution >= 0.6 is 0 Å². The Bertz CT molecular complexity index is 2350. The van der Waals surface area contributed by atoms with Gasteiger partial charge in [-0.2, -0.15) is 0 Å². The third-order valence-electron chi connectivity index (χ3n) is 11.1. The van der Waals surface area contributed by atoms with Crippen LogP contribution in [0.25, 0.3) is 0 Å². The van der Waals surface area contributed by atoms with E-state index in [9.17, 15) is 19.5 Å². The van der Waals surface area contributed by atoms with Gasteiger partial charge in [-0.15, -0.1) is 0 Å². The predicted octanol–water partition coefficient (Wildman–Crippen LogP) is 8.59. The molecule has 0 spiro atoms. The number of hydrogen-bond donors (Lipinski definition) is 1. The zero-order chi connectivity index (χ0) is 45.4. The first kappa shape index (κ1) is 46.2. The Labute approximate surface area is 378 Å². The number of hydrogen-bond acceptors (Lipinski definition) is 12. The summed E-state index contributed by atoms with van der Waals surface area (Å²) in [6.45, 7) is -0.159. The Balaban J connectivity index is 1.37. The van der Waals surface area contributed by atoms with E-state index in [-0.39, 0.29) is 36.5 Å². The van der Waals surface area contributed by atoms with E-state index in [4.69, 9.17) is 37.9 Å². The monoisotopic (exact) mass is 880 g/mol. The van der Waals surface area contributed by atoms with Crippen LogP contribution in [0.4, 0.5) is 0 Å². The first-order valence-corrected chi connectivity index (χ1v) is 21.5. The number of aliphatic hydroxyl groups excluding tert-OH is 1. The van der Waals surface area contributed by atoms with E-state index in [1.807, 2.05) is 78.9 Å². The molecule has 0 aliphatic carbocycles. The van der Waals surface area contributed by atoms with Crippen molar-refractivity contribution in [2.24, 2.45) is 0 Å². The standard InChI is InChI=1S/C53H52O12/c1-58-43-30-26-41(27-31-43)53(40-24-14-6-15-25-40,42-28-32-44(59-2)33-29-42)61-36-45-46(63-49(55)37-18-8-3-9-19-37)47(64-50(56)38-20-10-4-11-21-38)48(52(62-45)60-35-17-7-16-34-54)65-51(57)39-22-12-5-13-23-39/h3-6,8-15,18-33,45-48,52,54H,7,16-17,34-36H2,1-2H3. The van der Waals surface area contributed by atoms with Gasteiger partial charge in [0.2, 0.25) is 0 Å². The second-order valence-electron chi connectivity index (χ2n) is 15.2. The van der Waals surface area contributed by atoms with Gasteiger partial charge in [-0.1, -0.05) is 109 Å². The van der Waals surface area contributed by atoms with Crippen molar-refractivity contribution in [3.05, 3.63) is 203 Å². The Kier molecular flexibility index (Phi) is 16.1. The highest BCUT2D eigenvalue weighted by atomic mass is 16.7. The Morgan fingerprint density at radius 2 is 0.923 bits per heavy atom. The van der Waals surface area contributed by atoms with Gasteiger partial charge in [0.25, 0.3) is 0 Å². The fourth-order valence-electron chi connectivity index (χ4n) is 7.72. The number of unbranched alkanes of at least 4 members (excludes halogenated alkanes) is 2. The maximum atomic E-state index is 14.2. The molecule has 5 unspecified atom stereocenters. The van der Waals surface area contributed by atoms with Crippen LogP contribution in [-0.2, 0) is 34.0 Å². The van der Waals surface area contributed by atoms with E-state index in [1.54, 1.807) is 105 Å². The number of esters is 3. The first-order chi connectivity index (χ1) is 31.8. The van der Waals surface area contributed by atoms with Gasteiger partial charge >= 0.3 is 17.9 Å². The van der Waals surface area contributed by atoms with Gasteiger partial charge in [-0.05, 0) is 96.6 Å². The number of rotatable bonds is 20. The molecule has 0 bridgehead atoms. The molecule has 5 atom stereocenters. The molecular weight excluding hydrogens is 829 g/mol. The summed E-state index contributed by atoms with van der Waals surface area (Å²) in [5, 5.41) is 9.48.